The minimum absolute atomic E-state index is 0. The number of carboxylic acids is 2. The molecule has 0 saturated carbocycles. The summed E-state index contributed by atoms with van der Waals surface area (Å²) in [4.78, 5) is 48.8. The van der Waals surface area contributed by atoms with E-state index in [4.69, 9.17) is 45.7 Å². The fourth-order valence-electron chi connectivity index (χ4n) is 4.90. The van der Waals surface area contributed by atoms with Crippen LogP contribution in [0.3, 0.4) is 0 Å². The van der Waals surface area contributed by atoms with E-state index in [1.54, 1.807) is 45.1 Å². The van der Waals surface area contributed by atoms with Crippen LogP contribution >= 0.6 is 11.3 Å². The number of anilines is 3. The smallest absolute Gasteiger partial charge is 0.550 e. The first kappa shape index (κ1) is 57.6. The topological polar surface area (TPSA) is 263 Å². The van der Waals surface area contributed by atoms with Crippen molar-refractivity contribution in [3.8, 4) is 12.1 Å². The number of hydrogen-bond acceptors (Lipinski definition) is 17. The third-order valence-corrected chi connectivity index (χ3v) is 9.18. The summed E-state index contributed by atoms with van der Waals surface area (Å²) in [6.45, 7) is 9.88. The molecular formula is C40H53N5Na2O11S. The number of carbonyl (C=O) groups is 4. The molecule has 0 fully saturated rings. The van der Waals surface area contributed by atoms with Gasteiger partial charge in [-0.2, -0.15) is 10.5 Å². The number of rotatable bonds is 26. The standard InChI is InChI=1S/C33H50N2O11.C7H5N3S.2Na/c1-4-6-8-26(32(39)40)24-31(38)45-20-18-44-17-16-42-14-12-35(28-10-11-29(34)25(3)22-28)13-15-43-19-21-46-33(41)27(9-7-5-2)23-30(36)37;1-4-5(2-8)7(10)11-6(4)3-9;;/h4-7,10-11,22,26-27H,8-9,12-21,23-24,34H2,1-3H3,(H,36,37)(H,39,40);10H2,1H3;;/q;;2*+1/p-2/b6-4+,7-5+;;;. The Bertz CT molecular complexity index is 1730. The van der Waals surface area contributed by atoms with Gasteiger partial charge in [0.1, 0.15) is 35.2 Å². The number of nitriles is 2. The largest absolute Gasteiger partial charge is 1.00 e. The normalized spacial score (nSPS) is 11.5. The Morgan fingerprint density at radius 1 is 0.797 bits per heavy atom. The van der Waals surface area contributed by atoms with Gasteiger partial charge in [-0.25, -0.2) is 0 Å². The molecule has 16 nitrogen and oxygen atoms in total. The molecule has 2 atom stereocenters. The quantitative estimate of drug-likeness (QED) is 0.0304. The number of carboxylic acid groups (broad SMARTS) is 2. The molecule has 1 heterocycles. The van der Waals surface area contributed by atoms with Crippen LogP contribution in [-0.4, -0.2) is 89.8 Å². The Morgan fingerprint density at radius 3 is 1.81 bits per heavy atom. The maximum absolute atomic E-state index is 12.2. The summed E-state index contributed by atoms with van der Waals surface area (Å²) in [6, 6.07) is 9.64. The molecule has 0 aliphatic heterocycles. The van der Waals surface area contributed by atoms with Gasteiger partial charge in [-0.1, -0.05) is 24.3 Å². The summed E-state index contributed by atoms with van der Waals surface area (Å²) in [6.07, 6.45) is 6.62. The molecule has 0 aliphatic carbocycles. The zero-order chi connectivity index (χ0) is 42.6. The van der Waals surface area contributed by atoms with Gasteiger partial charge in [0, 0.05) is 48.7 Å². The Kier molecular flexibility index (Phi) is 33.5. The number of nitrogens with zero attached hydrogens (tertiary/aromatic N) is 3. The van der Waals surface area contributed by atoms with Crippen LogP contribution in [-0.2, 0) is 42.9 Å². The number of ether oxygens (including phenoxy) is 5. The number of esters is 2. The first-order valence-corrected chi connectivity index (χ1v) is 19.1. The number of thiophene rings is 1. The Hall–Kier alpha value is -3.46. The van der Waals surface area contributed by atoms with Gasteiger partial charge < -0.3 is 59.9 Å². The van der Waals surface area contributed by atoms with Crippen molar-refractivity contribution in [2.24, 2.45) is 11.8 Å². The van der Waals surface area contributed by atoms with E-state index in [-0.39, 0.29) is 111 Å². The van der Waals surface area contributed by atoms with Crippen LogP contribution in [0.1, 0.15) is 61.1 Å². The second-order valence-electron chi connectivity index (χ2n) is 12.4. The van der Waals surface area contributed by atoms with Gasteiger partial charge in [0.15, 0.2) is 0 Å². The molecular weight excluding hydrogens is 805 g/mol. The van der Waals surface area contributed by atoms with Gasteiger partial charge >= 0.3 is 71.1 Å². The SMILES string of the molecule is C/C=C/CC(CC(=O)OCCOCCOCCN(CCOCCOC(=O)C(C/C=C/C)CC(=O)[O-])c1ccc(N)c(C)c1)C(=O)[O-].Cc1c(C#N)sc(N)c1C#N.[Na+].[Na+]. The second kappa shape index (κ2) is 34.3. The Balaban J connectivity index is 0. The van der Waals surface area contributed by atoms with Crippen LogP contribution in [0.15, 0.2) is 42.5 Å². The molecule has 1 aromatic heterocycles. The van der Waals surface area contributed by atoms with Gasteiger partial charge in [-0.3, -0.25) is 9.59 Å². The van der Waals surface area contributed by atoms with E-state index in [1.165, 1.54) is 0 Å². The van der Waals surface area contributed by atoms with Crippen LogP contribution in [0.4, 0.5) is 16.4 Å². The number of aryl methyl sites for hydroxylation is 1. The molecule has 1 aromatic carbocycles. The van der Waals surface area contributed by atoms with Gasteiger partial charge in [0.25, 0.3) is 0 Å². The summed E-state index contributed by atoms with van der Waals surface area (Å²) in [5.41, 5.74) is 15.1. The second-order valence-corrected chi connectivity index (χ2v) is 13.4. The van der Waals surface area contributed by atoms with Crippen LogP contribution in [0.2, 0.25) is 0 Å². The Labute approximate surface area is 395 Å². The van der Waals surface area contributed by atoms with Gasteiger partial charge in [-0.15, -0.1) is 11.3 Å². The van der Waals surface area contributed by atoms with Crippen molar-refractivity contribution < 1.29 is 112 Å². The number of benzene rings is 1. The average molecular weight is 858 g/mol. The number of aliphatic carboxylic acids is 2. The first-order valence-electron chi connectivity index (χ1n) is 18.3. The van der Waals surface area contributed by atoms with Crippen molar-refractivity contribution in [3.63, 3.8) is 0 Å². The van der Waals surface area contributed by atoms with Crippen molar-refractivity contribution in [1.82, 2.24) is 0 Å². The van der Waals surface area contributed by atoms with Gasteiger partial charge in [0.2, 0.25) is 0 Å². The van der Waals surface area contributed by atoms with Crippen molar-refractivity contribution in [2.75, 3.05) is 82.3 Å². The molecule has 19 heteroatoms. The fourth-order valence-corrected chi connectivity index (χ4v) is 5.72. The van der Waals surface area contributed by atoms with Gasteiger partial charge in [-0.05, 0) is 69.9 Å². The van der Waals surface area contributed by atoms with E-state index in [9.17, 15) is 29.4 Å². The molecule has 0 radical (unpaired) electrons. The number of nitrogen functional groups attached to an aromatic ring is 2. The van der Waals surface area contributed by atoms with Crippen molar-refractivity contribution in [2.45, 2.75) is 53.4 Å². The van der Waals surface area contributed by atoms with Crippen molar-refractivity contribution in [3.05, 3.63) is 64.1 Å². The predicted molar refractivity (Wildman–Crippen MR) is 210 cm³/mol. The molecule has 312 valence electrons. The number of allylic oxidation sites excluding steroid dienone is 4. The molecule has 0 bridgehead atoms. The van der Waals surface area contributed by atoms with Gasteiger partial charge in [0.05, 0.1) is 57.5 Å². The summed E-state index contributed by atoms with van der Waals surface area (Å²) in [5.74, 6) is -5.55. The van der Waals surface area contributed by atoms with E-state index in [2.05, 4.69) is 4.90 Å². The van der Waals surface area contributed by atoms with Crippen LogP contribution in [0.25, 0.3) is 0 Å². The molecule has 4 N–H and O–H groups in total. The molecule has 2 rings (SSSR count). The van der Waals surface area contributed by atoms with Crippen molar-refractivity contribution in [1.29, 1.82) is 10.5 Å². The fraction of sp³-hybridized carbons (Fsp3) is 0.500. The van der Waals surface area contributed by atoms with Crippen LogP contribution in [0.5, 0.6) is 0 Å². The number of carbonyl (C=O) groups excluding carboxylic acids is 4. The van der Waals surface area contributed by atoms with Crippen LogP contribution in [0, 0.1) is 48.3 Å². The Morgan fingerprint density at radius 2 is 1.34 bits per heavy atom. The summed E-state index contributed by atoms with van der Waals surface area (Å²) < 4.78 is 27.0. The molecule has 2 aromatic rings. The molecule has 2 unspecified atom stereocenters. The van der Waals surface area contributed by atoms with E-state index >= 15 is 0 Å². The van der Waals surface area contributed by atoms with E-state index in [0.29, 0.717) is 59.6 Å². The maximum Gasteiger partial charge on any atom is 1.00 e. The zero-order valence-electron chi connectivity index (χ0n) is 35.0. The zero-order valence-corrected chi connectivity index (χ0v) is 39.8. The maximum atomic E-state index is 12.2. The molecule has 0 saturated heterocycles. The predicted octanol–water partition coefficient (Wildman–Crippen LogP) is -3.65. The third kappa shape index (κ3) is 24.4. The summed E-state index contributed by atoms with van der Waals surface area (Å²) >= 11 is 1.16. The number of hydrogen-bond donors (Lipinski definition) is 2. The van der Waals surface area contributed by atoms with Crippen LogP contribution < -0.4 is 85.7 Å². The summed E-state index contributed by atoms with van der Waals surface area (Å²) in [7, 11) is 0. The average Bonchev–Trinajstić information content (AvgIpc) is 3.46. The van der Waals surface area contributed by atoms with E-state index in [1.807, 2.05) is 37.3 Å². The van der Waals surface area contributed by atoms with E-state index < -0.39 is 42.1 Å². The minimum atomic E-state index is -1.31. The minimum Gasteiger partial charge on any atom is -0.550 e. The molecule has 0 amide bonds. The molecule has 59 heavy (non-hydrogen) atoms. The molecule has 0 aliphatic rings. The monoisotopic (exact) mass is 857 g/mol. The third-order valence-electron chi connectivity index (χ3n) is 8.16. The van der Waals surface area contributed by atoms with E-state index in [0.717, 1.165) is 22.6 Å². The molecule has 0 spiro atoms. The first-order chi connectivity index (χ1) is 27.3. The van der Waals surface area contributed by atoms with Crippen molar-refractivity contribution >= 4 is 51.6 Å². The number of nitrogens with two attached hydrogens (primary N) is 2. The summed E-state index contributed by atoms with van der Waals surface area (Å²) in [5, 5.41) is 39.6.